The van der Waals surface area contributed by atoms with E-state index in [1.54, 1.807) is 12.0 Å². The lowest BCUT2D eigenvalue weighted by Crippen LogP contribution is -2.35. The maximum absolute atomic E-state index is 13.2. The van der Waals surface area contributed by atoms with Crippen molar-refractivity contribution in [2.45, 2.75) is 12.5 Å². The van der Waals surface area contributed by atoms with Crippen LogP contribution in [-0.2, 0) is 11.3 Å². The van der Waals surface area contributed by atoms with Gasteiger partial charge in [-0.1, -0.05) is 60.7 Å². The quantitative estimate of drug-likeness (QED) is 0.666. The Morgan fingerprint density at radius 2 is 1.65 bits per heavy atom. The molecule has 1 aliphatic rings. The SMILES string of the molecule is COc1cccc(C2CN(C(=O)c3ccccc3)CC2C(=O)NCc2ccccc2)c1. The third-order valence-corrected chi connectivity index (χ3v) is 5.80. The average molecular weight is 415 g/mol. The highest BCUT2D eigenvalue weighted by Crippen LogP contribution is 2.35. The van der Waals surface area contributed by atoms with Crippen LogP contribution in [0.2, 0.25) is 0 Å². The summed E-state index contributed by atoms with van der Waals surface area (Å²) in [6, 6.07) is 26.8. The lowest BCUT2D eigenvalue weighted by molar-refractivity contribution is -0.125. The van der Waals surface area contributed by atoms with Crippen molar-refractivity contribution in [3.05, 3.63) is 102 Å². The number of carbonyl (C=O) groups is 2. The molecule has 2 atom stereocenters. The molecule has 3 aromatic rings. The molecule has 1 saturated heterocycles. The molecule has 3 aromatic carbocycles. The van der Waals surface area contributed by atoms with Crippen LogP contribution in [0, 0.1) is 5.92 Å². The molecule has 158 valence electrons. The molecular weight excluding hydrogens is 388 g/mol. The van der Waals surface area contributed by atoms with Gasteiger partial charge in [0.15, 0.2) is 0 Å². The number of likely N-dealkylation sites (tertiary alicyclic amines) is 1. The fraction of sp³-hybridized carbons (Fsp3) is 0.231. The van der Waals surface area contributed by atoms with Crippen LogP contribution in [0.3, 0.4) is 0 Å². The fourth-order valence-electron chi connectivity index (χ4n) is 4.12. The second-order valence-corrected chi connectivity index (χ2v) is 7.77. The summed E-state index contributed by atoms with van der Waals surface area (Å²) < 4.78 is 5.38. The molecular formula is C26H26N2O3. The monoisotopic (exact) mass is 414 g/mol. The zero-order chi connectivity index (χ0) is 21.6. The van der Waals surface area contributed by atoms with Gasteiger partial charge in [-0.15, -0.1) is 0 Å². The van der Waals surface area contributed by atoms with Crippen LogP contribution in [0.1, 0.15) is 27.4 Å². The van der Waals surface area contributed by atoms with Gasteiger partial charge in [0, 0.05) is 31.1 Å². The van der Waals surface area contributed by atoms with E-state index in [-0.39, 0.29) is 23.7 Å². The molecule has 1 N–H and O–H groups in total. The predicted octanol–water partition coefficient (Wildman–Crippen LogP) is 3.87. The maximum Gasteiger partial charge on any atom is 0.253 e. The van der Waals surface area contributed by atoms with E-state index in [0.29, 0.717) is 25.2 Å². The van der Waals surface area contributed by atoms with Gasteiger partial charge in [-0.3, -0.25) is 9.59 Å². The summed E-state index contributed by atoms with van der Waals surface area (Å²) in [6.45, 7) is 1.34. The molecule has 31 heavy (non-hydrogen) atoms. The number of hydrogen-bond acceptors (Lipinski definition) is 3. The van der Waals surface area contributed by atoms with Crippen LogP contribution in [0.4, 0.5) is 0 Å². The van der Waals surface area contributed by atoms with Crippen molar-refractivity contribution in [1.29, 1.82) is 0 Å². The number of ether oxygens (including phenoxy) is 1. The van der Waals surface area contributed by atoms with E-state index < -0.39 is 0 Å². The summed E-state index contributed by atoms with van der Waals surface area (Å²) in [7, 11) is 1.63. The van der Waals surface area contributed by atoms with Gasteiger partial charge in [-0.25, -0.2) is 0 Å². The molecule has 1 aliphatic heterocycles. The molecule has 5 nitrogen and oxygen atoms in total. The number of carbonyl (C=O) groups excluding carboxylic acids is 2. The summed E-state index contributed by atoms with van der Waals surface area (Å²) in [4.78, 5) is 28.0. The molecule has 2 unspecified atom stereocenters. The molecule has 0 aliphatic carbocycles. The minimum absolute atomic E-state index is 0.0416. The number of methoxy groups -OCH3 is 1. The first-order chi connectivity index (χ1) is 15.2. The topological polar surface area (TPSA) is 58.6 Å². The normalized spacial score (nSPS) is 17.9. The Balaban J connectivity index is 1.56. The maximum atomic E-state index is 13.2. The van der Waals surface area contributed by atoms with E-state index in [4.69, 9.17) is 4.74 Å². The number of nitrogens with zero attached hydrogens (tertiary/aromatic N) is 1. The van der Waals surface area contributed by atoms with Crippen LogP contribution < -0.4 is 10.1 Å². The summed E-state index contributed by atoms with van der Waals surface area (Å²) in [5.74, 6) is 0.225. The average Bonchev–Trinajstić information content (AvgIpc) is 3.29. The van der Waals surface area contributed by atoms with Crippen molar-refractivity contribution in [3.8, 4) is 5.75 Å². The Bertz CT molecular complexity index is 1040. The van der Waals surface area contributed by atoms with E-state index in [2.05, 4.69) is 5.32 Å². The number of hydrogen-bond donors (Lipinski definition) is 1. The van der Waals surface area contributed by atoms with Crippen LogP contribution in [-0.4, -0.2) is 36.9 Å². The molecule has 4 rings (SSSR count). The van der Waals surface area contributed by atoms with Gasteiger partial charge in [0.25, 0.3) is 5.91 Å². The second-order valence-electron chi connectivity index (χ2n) is 7.77. The number of benzene rings is 3. The Morgan fingerprint density at radius 1 is 0.935 bits per heavy atom. The lowest BCUT2D eigenvalue weighted by Gasteiger charge is -2.18. The second kappa shape index (κ2) is 9.47. The van der Waals surface area contributed by atoms with Crippen LogP contribution in [0.5, 0.6) is 5.75 Å². The van der Waals surface area contributed by atoms with Crippen LogP contribution in [0.25, 0.3) is 0 Å². The minimum atomic E-state index is -0.330. The van der Waals surface area contributed by atoms with Crippen LogP contribution in [0.15, 0.2) is 84.9 Å². The molecule has 2 amide bonds. The highest BCUT2D eigenvalue weighted by atomic mass is 16.5. The standard InChI is InChI=1S/C26H26N2O3/c1-31-22-14-8-13-21(15-22)23-17-28(26(30)20-11-6-3-7-12-20)18-24(23)25(29)27-16-19-9-4-2-5-10-19/h2-15,23-24H,16-18H2,1H3,(H,27,29). The molecule has 1 heterocycles. The van der Waals surface area contributed by atoms with E-state index >= 15 is 0 Å². The molecule has 0 saturated carbocycles. The van der Waals surface area contributed by atoms with Crippen LogP contribution >= 0.6 is 0 Å². The van der Waals surface area contributed by atoms with E-state index in [1.807, 2.05) is 84.9 Å². The molecule has 5 heteroatoms. The Morgan fingerprint density at radius 3 is 2.35 bits per heavy atom. The van der Waals surface area contributed by atoms with Gasteiger partial charge in [-0.05, 0) is 35.4 Å². The van der Waals surface area contributed by atoms with Crippen molar-refractivity contribution in [1.82, 2.24) is 10.2 Å². The largest absolute Gasteiger partial charge is 0.497 e. The van der Waals surface area contributed by atoms with E-state index in [1.165, 1.54) is 0 Å². The molecule has 0 spiro atoms. The van der Waals surface area contributed by atoms with Crippen molar-refractivity contribution in [3.63, 3.8) is 0 Å². The number of nitrogens with one attached hydrogen (secondary N) is 1. The first-order valence-corrected chi connectivity index (χ1v) is 10.5. The number of rotatable bonds is 6. The summed E-state index contributed by atoms with van der Waals surface area (Å²) >= 11 is 0. The number of amides is 2. The Kier molecular flexibility index (Phi) is 6.32. The summed E-state index contributed by atoms with van der Waals surface area (Å²) in [5, 5.41) is 3.06. The van der Waals surface area contributed by atoms with Crippen molar-refractivity contribution in [2.75, 3.05) is 20.2 Å². The first-order valence-electron chi connectivity index (χ1n) is 10.5. The zero-order valence-electron chi connectivity index (χ0n) is 17.5. The highest BCUT2D eigenvalue weighted by molar-refractivity contribution is 5.95. The Hall–Kier alpha value is -3.60. The minimum Gasteiger partial charge on any atom is -0.497 e. The third kappa shape index (κ3) is 4.77. The van der Waals surface area contributed by atoms with Gasteiger partial charge >= 0.3 is 0 Å². The van der Waals surface area contributed by atoms with Crippen molar-refractivity contribution >= 4 is 11.8 Å². The Labute approximate surface area is 182 Å². The summed E-state index contributed by atoms with van der Waals surface area (Å²) in [6.07, 6.45) is 0. The van der Waals surface area contributed by atoms with Crippen molar-refractivity contribution < 1.29 is 14.3 Å². The van der Waals surface area contributed by atoms with Gasteiger partial charge in [0.05, 0.1) is 13.0 Å². The lowest BCUT2D eigenvalue weighted by atomic mass is 9.88. The van der Waals surface area contributed by atoms with E-state index in [9.17, 15) is 9.59 Å². The molecule has 0 bridgehead atoms. The molecule has 0 aromatic heterocycles. The predicted molar refractivity (Wildman–Crippen MR) is 120 cm³/mol. The summed E-state index contributed by atoms with van der Waals surface area (Å²) in [5.41, 5.74) is 2.68. The van der Waals surface area contributed by atoms with Gasteiger partial charge < -0.3 is 15.0 Å². The van der Waals surface area contributed by atoms with E-state index in [0.717, 1.165) is 16.9 Å². The van der Waals surface area contributed by atoms with Gasteiger partial charge in [0.1, 0.15) is 5.75 Å². The molecule has 0 radical (unpaired) electrons. The first kappa shape index (κ1) is 20.7. The van der Waals surface area contributed by atoms with Gasteiger partial charge in [-0.2, -0.15) is 0 Å². The zero-order valence-corrected chi connectivity index (χ0v) is 17.5. The smallest absolute Gasteiger partial charge is 0.253 e. The fourth-order valence-corrected chi connectivity index (χ4v) is 4.12. The van der Waals surface area contributed by atoms with Gasteiger partial charge in [0.2, 0.25) is 5.91 Å². The highest BCUT2D eigenvalue weighted by Gasteiger charge is 2.40. The molecule has 1 fully saturated rings. The third-order valence-electron chi connectivity index (χ3n) is 5.80. The van der Waals surface area contributed by atoms with Crippen molar-refractivity contribution in [2.24, 2.45) is 5.92 Å².